The fraction of sp³-hybridized carbons (Fsp3) is 0.458. The lowest BCUT2D eigenvalue weighted by Crippen LogP contribution is -2.51. The van der Waals surface area contributed by atoms with Gasteiger partial charge >= 0.3 is 24.4 Å². The van der Waals surface area contributed by atoms with Gasteiger partial charge in [0.25, 0.3) is 0 Å². The summed E-state index contributed by atoms with van der Waals surface area (Å²) in [5, 5.41) is 11.6. The van der Waals surface area contributed by atoms with Crippen molar-refractivity contribution in [2.75, 3.05) is 53.6 Å². The van der Waals surface area contributed by atoms with Gasteiger partial charge in [-0.3, -0.25) is 24.0 Å². The van der Waals surface area contributed by atoms with Crippen molar-refractivity contribution in [3.8, 4) is 56.5 Å². The summed E-state index contributed by atoms with van der Waals surface area (Å²) in [7, 11) is 2.54. The van der Waals surface area contributed by atoms with Gasteiger partial charge in [-0.2, -0.15) is 0 Å². The number of nitrogens with one attached hydrogen (secondary N) is 8. The lowest BCUT2D eigenvalue weighted by Gasteiger charge is -2.30. The van der Waals surface area contributed by atoms with E-state index in [1.54, 1.807) is 62.3 Å². The van der Waals surface area contributed by atoms with Crippen LogP contribution in [0.4, 0.5) is 19.2 Å². The van der Waals surface area contributed by atoms with E-state index in [0.717, 1.165) is 65.1 Å². The first-order valence-electron chi connectivity index (χ1n) is 39.4. The number of nitrogens with zero attached hydrogens (tertiary/aromatic N) is 8. The monoisotopic (exact) mass is 1560 g/mol. The number of ether oxygens (including phenoxy) is 5. The van der Waals surface area contributed by atoms with Crippen LogP contribution in [0.1, 0.15) is 165 Å². The van der Waals surface area contributed by atoms with Crippen molar-refractivity contribution in [1.29, 1.82) is 0 Å². The van der Waals surface area contributed by atoms with E-state index in [1.165, 1.54) is 14.2 Å². The van der Waals surface area contributed by atoms with Gasteiger partial charge in [0.15, 0.2) is 0 Å². The van der Waals surface area contributed by atoms with Crippen molar-refractivity contribution in [1.82, 2.24) is 80.7 Å². The Balaban J connectivity index is 0.543. The molecule has 31 heteroatoms. The number of imidazole rings is 4. The molecule has 8 atom stereocenters. The van der Waals surface area contributed by atoms with E-state index in [0.29, 0.717) is 138 Å². The van der Waals surface area contributed by atoms with Crippen molar-refractivity contribution in [3.63, 3.8) is 0 Å². The number of methoxy groups -OCH3 is 2. The Morgan fingerprint density at radius 1 is 0.421 bits per heavy atom. The van der Waals surface area contributed by atoms with Crippen LogP contribution in [0.3, 0.4) is 0 Å². The summed E-state index contributed by atoms with van der Waals surface area (Å²) in [4.78, 5) is 162. The first kappa shape index (κ1) is 78.6. The topological polar surface area (TPSA) is 389 Å². The fourth-order valence-corrected chi connectivity index (χ4v) is 16.3. The van der Waals surface area contributed by atoms with Crippen LogP contribution in [0.25, 0.3) is 67.0 Å². The Morgan fingerprint density at radius 3 is 1.10 bits per heavy atom. The van der Waals surface area contributed by atoms with Gasteiger partial charge in [-0.1, -0.05) is 61.5 Å². The van der Waals surface area contributed by atoms with E-state index in [9.17, 15) is 43.2 Å². The molecule has 0 saturated carbocycles. The summed E-state index contributed by atoms with van der Waals surface area (Å²) in [5.41, 5.74) is 8.23. The average Bonchev–Trinajstić information content (AvgIpc) is 1.07. The van der Waals surface area contributed by atoms with Gasteiger partial charge in [0.2, 0.25) is 29.1 Å². The summed E-state index contributed by atoms with van der Waals surface area (Å²) >= 11 is 0. The molecular formula is C83H98N16O15. The first-order valence-corrected chi connectivity index (χ1v) is 39.4. The zero-order valence-corrected chi connectivity index (χ0v) is 65.7. The number of alkyl carbamates (subject to hydrolysis) is 4. The number of amides is 8. The molecule has 4 saturated heterocycles. The maximum Gasteiger partial charge on any atom is 0.407 e. The number of aryl methyl sites for hydroxylation is 2. The number of H-pyrrole nitrogens is 4. The number of rotatable bonds is 23. The van der Waals surface area contributed by atoms with Crippen molar-refractivity contribution in [2.24, 2.45) is 23.7 Å². The second kappa shape index (κ2) is 33.7. The summed E-state index contributed by atoms with van der Waals surface area (Å²) in [6.45, 7) is 16.1. The standard InChI is InChI=1S/C83H98N16O15/c1-43(2)67(92-80(105)109-9)76(101)96-29-11-15-59(96)72-84-39-55(88-72)47-22-26-63-51(35-47)19-20-52-36-48(23-27-64(52)113-63)56-40-85-73(89-56)60-16-13-31-98(60)78(103)69(45(5)6)94-82(107)111-33-34-112-83(108)95-70(46(7)8)79(104)99-32-14-18-62(99)75-87-42-58(91-75)50-21-25-53-66(38-50)114-65-28-24-49(37-54(65)71(53)100)57-41-86-74(90-57)61-17-12-30-97(61)77(102)68(44(3)4)93-81(106)110-10/h21-28,35-46,59-62,67-70H,11-20,29-34H2,1-10H3,(H,84,88)(H,85,89)(H,86,90)(H,87,91)(H,92,105)(H,93,106)(H,94,107)(H,95,108). The minimum absolute atomic E-state index is 0.149. The van der Waals surface area contributed by atoms with Gasteiger partial charge in [-0.15, -0.1) is 0 Å². The molecule has 4 fully saturated rings. The van der Waals surface area contributed by atoms with E-state index < -0.39 is 54.6 Å². The second-order valence-corrected chi connectivity index (χ2v) is 31.3. The van der Waals surface area contributed by atoms with Crippen molar-refractivity contribution < 1.29 is 66.5 Å². The van der Waals surface area contributed by atoms with Crippen LogP contribution in [0.5, 0.6) is 11.5 Å². The van der Waals surface area contributed by atoms with Crippen LogP contribution in [0.2, 0.25) is 0 Å². The third-order valence-corrected chi connectivity index (χ3v) is 22.4. The molecule has 0 spiro atoms. The molecule has 8 unspecified atom stereocenters. The van der Waals surface area contributed by atoms with E-state index in [2.05, 4.69) is 53.3 Å². The van der Waals surface area contributed by atoms with Crippen LogP contribution in [-0.2, 0) is 51.0 Å². The highest BCUT2D eigenvalue weighted by Crippen LogP contribution is 2.42. The third-order valence-electron chi connectivity index (χ3n) is 22.4. The summed E-state index contributed by atoms with van der Waals surface area (Å²) in [5.74, 6) is 1.92. The van der Waals surface area contributed by atoms with E-state index in [4.69, 9.17) is 48.0 Å². The van der Waals surface area contributed by atoms with E-state index in [-0.39, 0.29) is 84.1 Å². The van der Waals surface area contributed by atoms with Gasteiger partial charge in [0.05, 0.1) is 71.9 Å². The summed E-state index contributed by atoms with van der Waals surface area (Å²) < 4.78 is 33.4. The smallest absolute Gasteiger partial charge is 0.407 e. The minimum atomic E-state index is -0.975. The molecule has 114 heavy (non-hydrogen) atoms. The number of fused-ring (bicyclic) bond motifs is 4. The summed E-state index contributed by atoms with van der Waals surface area (Å²) in [6, 6.07) is 17.7. The Bertz CT molecular complexity index is 5170. The highest BCUT2D eigenvalue weighted by molar-refractivity contribution is 5.94. The largest absolute Gasteiger partial charge is 0.457 e. The number of carbonyl (C=O) groups is 8. The van der Waals surface area contributed by atoms with Gasteiger partial charge in [-0.05, 0) is 166 Å². The molecule has 8 amide bonds. The fourth-order valence-electron chi connectivity index (χ4n) is 16.3. The van der Waals surface area contributed by atoms with Crippen molar-refractivity contribution in [2.45, 2.75) is 168 Å². The zero-order chi connectivity index (χ0) is 80.3. The lowest BCUT2D eigenvalue weighted by atomic mass is 10.00. The van der Waals surface area contributed by atoms with Gasteiger partial charge in [-0.25, -0.2) is 39.1 Å². The maximum absolute atomic E-state index is 14.4. The number of aromatic amines is 4. The van der Waals surface area contributed by atoms with Crippen LogP contribution < -0.4 is 31.4 Å². The molecule has 0 bridgehead atoms. The Morgan fingerprint density at radius 2 is 0.746 bits per heavy atom. The van der Waals surface area contributed by atoms with Crippen LogP contribution in [0.15, 0.2) is 107 Å². The number of hydrogen-bond acceptors (Lipinski definition) is 19. The SMILES string of the molecule is COC(=O)NC(C(=O)N1CCCC1c1nc(-c2ccc3c(c2)CCc2cc(-c4c[nH]c(C5CCCN5C(=O)C(NC(=O)OCCOC(=O)NC(C(=O)N5CCCC5c5nc(-c6ccc7c(=O)c8cc(-c9c[nH]c(C%10CCCN%10C(=O)C(NC(=O)OC)C(C)C)n9)ccc8oc7c6)c[nH]5)C(C)C)C(C)C)n4)ccc2O3)c[nH]1)C(C)C. The average molecular weight is 1560 g/mol. The first-order chi connectivity index (χ1) is 54.9. The quantitative estimate of drug-likeness (QED) is 0.0167. The van der Waals surface area contributed by atoms with Gasteiger partial charge in [0, 0.05) is 73.2 Å². The lowest BCUT2D eigenvalue weighted by molar-refractivity contribution is -0.136. The molecule has 31 nitrogen and oxygen atoms in total. The van der Waals surface area contributed by atoms with Crippen molar-refractivity contribution in [3.05, 3.63) is 142 Å². The Hall–Kier alpha value is -12.1. The van der Waals surface area contributed by atoms with Crippen LogP contribution in [0, 0.1) is 23.7 Å². The normalized spacial score (nSPS) is 18.5. The van der Waals surface area contributed by atoms with Crippen molar-refractivity contribution >= 4 is 69.9 Å². The molecule has 4 aromatic carbocycles. The second-order valence-electron chi connectivity index (χ2n) is 31.3. The molecule has 0 aliphatic carbocycles. The molecule has 5 aromatic heterocycles. The third kappa shape index (κ3) is 16.4. The maximum atomic E-state index is 14.4. The molecule has 8 N–H and O–H groups in total. The number of likely N-dealkylation sites (tertiary alicyclic amines) is 4. The molecule has 10 heterocycles. The Kier molecular flexibility index (Phi) is 23.3. The highest BCUT2D eigenvalue weighted by Gasteiger charge is 2.43. The molecule has 600 valence electrons. The highest BCUT2D eigenvalue weighted by atomic mass is 16.6. The molecule has 5 aliphatic rings. The van der Waals surface area contributed by atoms with Gasteiger partial charge < -0.3 is 88.9 Å². The van der Waals surface area contributed by atoms with E-state index in [1.807, 2.05) is 98.1 Å². The summed E-state index contributed by atoms with van der Waals surface area (Å²) in [6.07, 6.45) is 11.2. The molecule has 9 aromatic rings. The van der Waals surface area contributed by atoms with Crippen LogP contribution in [-0.4, -0.2) is 185 Å². The molecular weight excluding hydrogens is 1460 g/mol. The molecule has 0 radical (unpaired) electrons. The molecule has 14 rings (SSSR count). The van der Waals surface area contributed by atoms with E-state index >= 15 is 0 Å². The number of aromatic nitrogens is 8. The molecule has 5 aliphatic heterocycles. The zero-order valence-electron chi connectivity index (χ0n) is 65.7. The predicted octanol–water partition coefficient (Wildman–Crippen LogP) is 12.0. The number of benzene rings is 4. The Labute approximate surface area is 658 Å². The minimum Gasteiger partial charge on any atom is -0.457 e. The number of carbonyl (C=O) groups excluding carboxylic acids is 8. The predicted molar refractivity (Wildman–Crippen MR) is 420 cm³/mol. The van der Waals surface area contributed by atoms with Gasteiger partial charge in [0.1, 0.15) is 83.3 Å². The van der Waals surface area contributed by atoms with Crippen LogP contribution >= 0.6 is 0 Å². The number of hydrogen-bond donors (Lipinski definition) is 8.